The van der Waals surface area contributed by atoms with Crippen LogP contribution in [0.2, 0.25) is 5.02 Å². The molecule has 3 N–H and O–H groups in total. The normalized spacial score (nSPS) is 13.1. The molecule has 6 rings (SSSR count). The van der Waals surface area contributed by atoms with E-state index in [0.29, 0.717) is 57.0 Å². The Morgan fingerprint density at radius 2 is 2.02 bits per heavy atom. The van der Waals surface area contributed by atoms with Crippen molar-refractivity contribution in [1.82, 2.24) is 45.5 Å². The van der Waals surface area contributed by atoms with E-state index in [-0.39, 0.29) is 6.42 Å². The fourth-order valence-corrected chi connectivity index (χ4v) is 5.08. The van der Waals surface area contributed by atoms with Gasteiger partial charge < -0.3 is 14.8 Å². The largest absolute Gasteiger partial charge is 0.478 e. The van der Waals surface area contributed by atoms with E-state index < -0.39 is 23.6 Å². The lowest BCUT2D eigenvalue weighted by atomic mass is 10.0. The highest BCUT2D eigenvalue weighted by atomic mass is 35.5. The molecule has 1 atom stereocenters. The van der Waals surface area contributed by atoms with Crippen LogP contribution < -0.4 is 20.9 Å². The maximum absolute atomic E-state index is 13.4. The van der Waals surface area contributed by atoms with E-state index in [1.54, 1.807) is 59.3 Å². The fourth-order valence-electron chi connectivity index (χ4n) is 4.90. The van der Waals surface area contributed by atoms with Gasteiger partial charge in [0.05, 0.1) is 42.4 Å². The van der Waals surface area contributed by atoms with Gasteiger partial charge in [0.1, 0.15) is 6.33 Å². The van der Waals surface area contributed by atoms with Crippen molar-refractivity contribution < 1.29 is 19.1 Å². The van der Waals surface area contributed by atoms with Gasteiger partial charge in [0.25, 0.3) is 5.56 Å². The minimum Gasteiger partial charge on any atom is -0.478 e. The third-order valence-electron chi connectivity index (χ3n) is 7.10. The molecule has 0 saturated heterocycles. The molecule has 0 fully saturated rings. The third kappa shape index (κ3) is 6.94. The second kappa shape index (κ2) is 13.4. The van der Waals surface area contributed by atoms with E-state index in [1.165, 1.54) is 24.2 Å². The van der Waals surface area contributed by atoms with Crippen molar-refractivity contribution in [3.63, 3.8) is 0 Å². The SMILES string of the molecule is COC(=O)Nc1ccc(-c2cc([C@H](Cc3cc4n(n3)CCCO4)NC(=O)C=Cc3cc(Cl)ccc3-n3cnnn3)n[nH]c2=O)cc1. The van der Waals surface area contributed by atoms with E-state index in [9.17, 15) is 14.4 Å². The summed E-state index contributed by atoms with van der Waals surface area (Å²) in [6.45, 7) is 1.32. The van der Waals surface area contributed by atoms with Crippen molar-refractivity contribution in [3.05, 3.63) is 99.3 Å². The average molecular weight is 643 g/mol. The van der Waals surface area contributed by atoms with Crippen molar-refractivity contribution in [3.8, 4) is 22.7 Å². The van der Waals surface area contributed by atoms with Crippen molar-refractivity contribution in [2.24, 2.45) is 0 Å². The van der Waals surface area contributed by atoms with Crippen LogP contribution in [0.3, 0.4) is 0 Å². The molecule has 3 aromatic heterocycles. The summed E-state index contributed by atoms with van der Waals surface area (Å²) in [6.07, 6.45) is 4.90. The van der Waals surface area contributed by atoms with Crippen LogP contribution in [0.4, 0.5) is 10.5 Å². The Kier molecular flexibility index (Phi) is 8.82. The van der Waals surface area contributed by atoms with Crippen LogP contribution in [0, 0.1) is 0 Å². The minimum atomic E-state index is -0.691. The van der Waals surface area contributed by atoms with Crippen molar-refractivity contribution in [2.45, 2.75) is 25.4 Å². The number of fused-ring (bicyclic) bond motifs is 1. The summed E-state index contributed by atoms with van der Waals surface area (Å²) >= 11 is 6.23. The number of rotatable bonds is 9. The van der Waals surface area contributed by atoms with Gasteiger partial charge in [0.2, 0.25) is 11.8 Å². The third-order valence-corrected chi connectivity index (χ3v) is 7.33. The highest BCUT2D eigenvalue weighted by Gasteiger charge is 2.22. The molecule has 4 heterocycles. The molecule has 234 valence electrons. The summed E-state index contributed by atoms with van der Waals surface area (Å²) in [5.41, 5.74) is 3.27. The molecule has 1 aliphatic rings. The number of aromatic amines is 1. The van der Waals surface area contributed by atoms with Gasteiger partial charge in [-0.25, -0.2) is 14.6 Å². The molecule has 0 aliphatic carbocycles. The molecule has 46 heavy (non-hydrogen) atoms. The summed E-state index contributed by atoms with van der Waals surface area (Å²) in [5.74, 6) is 0.221. The zero-order valence-electron chi connectivity index (χ0n) is 24.4. The van der Waals surface area contributed by atoms with E-state index in [2.05, 4.69) is 46.2 Å². The van der Waals surface area contributed by atoms with Gasteiger partial charge in [-0.05, 0) is 58.5 Å². The quantitative estimate of drug-likeness (QED) is 0.202. The number of methoxy groups -OCH3 is 1. The van der Waals surface area contributed by atoms with E-state index in [0.717, 1.165) is 13.0 Å². The molecule has 2 amide bonds. The smallest absolute Gasteiger partial charge is 0.411 e. The van der Waals surface area contributed by atoms with E-state index >= 15 is 0 Å². The number of hydrogen-bond donors (Lipinski definition) is 3. The first kappa shape index (κ1) is 30.2. The number of amides is 2. The standard InChI is InChI=1S/C30H27ClN10O5/c1-45-30(44)33-21-7-3-18(4-8-21)23-16-25(35-36-29(23)43)24(14-22-15-28-40(37-22)11-2-12-46-28)34-27(42)10-5-19-13-20(31)6-9-26(19)41-17-32-38-39-41/h3-10,13,15-17,24H,2,11-12,14H2,1H3,(H,33,44)(H,34,42)(H,36,43)/t24-/m0/s1. The zero-order valence-corrected chi connectivity index (χ0v) is 25.1. The number of H-pyrrole nitrogens is 1. The van der Waals surface area contributed by atoms with E-state index in [4.69, 9.17) is 16.3 Å². The fraction of sp³-hybridized carbons (Fsp3) is 0.200. The Morgan fingerprint density at radius 3 is 2.78 bits per heavy atom. The predicted octanol–water partition coefficient (Wildman–Crippen LogP) is 3.34. The Balaban J connectivity index is 1.29. The van der Waals surface area contributed by atoms with Gasteiger partial charge in [0.15, 0.2) is 0 Å². The average Bonchev–Trinajstić information content (AvgIpc) is 3.74. The van der Waals surface area contributed by atoms with Gasteiger partial charge >= 0.3 is 6.09 Å². The number of nitrogens with one attached hydrogen (secondary N) is 3. The molecule has 0 saturated carbocycles. The summed E-state index contributed by atoms with van der Waals surface area (Å²) in [5, 5.41) is 28.8. The number of benzene rings is 2. The summed E-state index contributed by atoms with van der Waals surface area (Å²) < 4.78 is 13.6. The summed E-state index contributed by atoms with van der Waals surface area (Å²) in [7, 11) is 1.27. The maximum Gasteiger partial charge on any atom is 0.411 e. The van der Waals surface area contributed by atoms with Crippen molar-refractivity contribution >= 4 is 35.4 Å². The number of carbonyl (C=O) groups is 2. The van der Waals surface area contributed by atoms with Gasteiger partial charge in [0, 0.05) is 47.8 Å². The maximum atomic E-state index is 13.4. The lowest BCUT2D eigenvalue weighted by Crippen LogP contribution is -2.30. The number of nitrogens with zero attached hydrogens (tertiary/aromatic N) is 7. The van der Waals surface area contributed by atoms with Crippen LogP contribution in [-0.2, 0) is 22.5 Å². The second-order valence-electron chi connectivity index (χ2n) is 10.2. The minimum absolute atomic E-state index is 0.260. The van der Waals surface area contributed by atoms with Crippen molar-refractivity contribution in [1.29, 1.82) is 0 Å². The Labute approximate surface area is 266 Å². The molecular formula is C30H27ClN10O5. The first-order chi connectivity index (χ1) is 22.4. The van der Waals surface area contributed by atoms with Gasteiger partial charge in [-0.3, -0.25) is 14.9 Å². The molecule has 0 radical (unpaired) electrons. The van der Waals surface area contributed by atoms with Crippen LogP contribution in [-0.4, -0.2) is 65.9 Å². The topological polar surface area (TPSA) is 184 Å². The van der Waals surface area contributed by atoms with Crippen LogP contribution in [0.15, 0.2) is 71.8 Å². The zero-order chi connectivity index (χ0) is 32.0. The first-order valence-corrected chi connectivity index (χ1v) is 14.5. The summed E-state index contributed by atoms with van der Waals surface area (Å²) in [6, 6.07) is 14.5. The monoisotopic (exact) mass is 642 g/mol. The highest BCUT2D eigenvalue weighted by Crippen LogP contribution is 2.26. The molecule has 2 aromatic carbocycles. The molecule has 1 aliphatic heterocycles. The number of anilines is 1. The molecule has 0 unspecified atom stereocenters. The number of hydrogen-bond acceptors (Lipinski definition) is 10. The first-order valence-electron chi connectivity index (χ1n) is 14.1. The number of carbonyl (C=O) groups excluding carboxylic acids is 2. The van der Waals surface area contributed by atoms with Crippen LogP contribution >= 0.6 is 11.6 Å². The molecule has 5 aromatic rings. The molecule has 0 spiro atoms. The van der Waals surface area contributed by atoms with Crippen molar-refractivity contribution in [2.75, 3.05) is 19.0 Å². The highest BCUT2D eigenvalue weighted by molar-refractivity contribution is 6.30. The Bertz CT molecular complexity index is 1930. The second-order valence-corrected chi connectivity index (χ2v) is 10.6. The molecule has 0 bridgehead atoms. The number of halogens is 1. The summed E-state index contributed by atoms with van der Waals surface area (Å²) in [4.78, 5) is 37.8. The number of ether oxygens (including phenoxy) is 2. The Hall–Kier alpha value is -5.83. The lowest BCUT2D eigenvalue weighted by molar-refractivity contribution is -0.117. The van der Waals surface area contributed by atoms with Crippen LogP contribution in [0.1, 0.15) is 29.4 Å². The molecule has 15 nitrogen and oxygen atoms in total. The molecule has 16 heteroatoms. The number of aryl methyl sites for hydroxylation is 1. The Morgan fingerprint density at radius 1 is 1.17 bits per heavy atom. The van der Waals surface area contributed by atoms with Crippen LogP contribution in [0.25, 0.3) is 22.9 Å². The number of tetrazole rings is 1. The van der Waals surface area contributed by atoms with E-state index in [1.807, 2.05) is 6.07 Å². The number of aromatic nitrogens is 8. The predicted molar refractivity (Wildman–Crippen MR) is 166 cm³/mol. The van der Waals surface area contributed by atoms with Gasteiger partial charge in [-0.1, -0.05) is 23.7 Å². The molecular weight excluding hydrogens is 616 g/mol. The van der Waals surface area contributed by atoms with Gasteiger partial charge in [-0.2, -0.15) is 14.9 Å². The van der Waals surface area contributed by atoms with Gasteiger partial charge in [-0.15, -0.1) is 5.10 Å². The van der Waals surface area contributed by atoms with Crippen LogP contribution in [0.5, 0.6) is 5.88 Å². The lowest BCUT2D eigenvalue weighted by Gasteiger charge is -2.17.